The van der Waals surface area contributed by atoms with E-state index in [4.69, 9.17) is 4.74 Å². The maximum Gasteiger partial charge on any atom is 0.416 e. The van der Waals surface area contributed by atoms with Gasteiger partial charge in [-0.05, 0) is 30.3 Å². The minimum absolute atomic E-state index is 0.00337. The molecule has 2 rings (SSSR count). The van der Waals surface area contributed by atoms with Crippen LogP contribution in [0.3, 0.4) is 0 Å². The zero-order valence-corrected chi connectivity index (χ0v) is 14.6. The number of carbonyl (C=O) groups excluding carboxylic acids is 2. The molecule has 0 radical (unpaired) electrons. The number of halogens is 3. The van der Waals surface area contributed by atoms with Gasteiger partial charge >= 0.3 is 6.18 Å². The molecular weight excluding hydrogens is 361 g/mol. The molecule has 8 heteroatoms. The number of hydrogen-bond acceptors (Lipinski definition) is 3. The van der Waals surface area contributed by atoms with E-state index in [-0.39, 0.29) is 31.4 Å². The van der Waals surface area contributed by atoms with Crippen molar-refractivity contribution < 1.29 is 27.5 Å². The summed E-state index contributed by atoms with van der Waals surface area (Å²) in [6.45, 7) is -0.0386. The van der Waals surface area contributed by atoms with Gasteiger partial charge in [-0.25, -0.2) is 0 Å². The van der Waals surface area contributed by atoms with E-state index in [1.54, 1.807) is 30.3 Å². The average molecular weight is 380 g/mol. The smallest absolute Gasteiger partial charge is 0.416 e. The van der Waals surface area contributed by atoms with Crippen molar-refractivity contribution in [2.24, 2.45) is 0 Å². The van der Waals surface area contributed by atoms with Crippen LogP contribution in [-0.4, -0.2) is 43.5 Å². The third-order valence-corrected chi connectivity index (χ3v) is 3.60. The predicted molar refractivity (Wildman–Crippen MR) is 93.4 cm³/mol. The van der Waals surface area contributed by atoms with Crippen LogP contribution in [0.1, 0.15) is 15.9 Å². The van der Waals surface area contributed by atoms with Gasteiger partial charge in [0.1, 0.15) is 12.4 Å². The number of alkyl halides is 3. The van der Waals surface area contributed by atoms with Crippen LogP contribution in [0.4, 0.5) is 13.2 Å². The molecule has 0 atom stereocenters. The summed E-state index contributed by atoms with van der Waals surface area (Å²) in [7, 11) is 1.51. The normalized spacial score (nSPS) is 11.0. The number of likely N-dealkylation sites (N-methyl/N-ethyl adjacent to an activating group) is 1. The van der Waals surface area contributed by atoms with Gasteiger partial charge in [-0.3, -0.25) is 9.59 Å². The van der Waals surface area contributed by atoms with Crippen molar-refractivity contribution in [2.45, 2.75) is 6.18 Å². The van der Waals surface area contributed by atoms with Gasteiger partial charge in [0.05, 0.1) is 18.7 Å². The maximum atomic E-state index is 12.6. The Balaban J connectivity index is 1.74. The summed E-state index contributed by atoms with van der Waals surface area (Å²) in [4.78, 5) is 25.3. The largest absolute Gasteiger partial charge is 0.492 e. The molecule has 27 heavy (non-hydrogen) atoms. The molecule has 0 aliphatic carbocycles. The maximum absolute atomic E-state index is 12.6. The number of benzene rings is 2. The summed E-state index contributed by atoms with van der Waals surface area (Å²) in [6.07, 6.45) is -4.44. The highest BCUT2D eigenvalue weighted by Gasteiger charge is 2.30. The van der Waals surface area contributed by atoms with Crippen molar-refractivity contribution in [3.63, 3.8) is 0 Å². The highest BCUT2D eigenvalue weighted by Crippen LogP contribution is 2.31. The molecule has 0 fully saturated rings. The molecule has 0 unspecified atom stereocenters. The van der Waals surface area contributed by atoms with Gasteiger partial charge in [0.2, 0.25) is 5.91 Å². The minimum atomic E-state index is -4.44. The molecule has 2 aromatic carbocycles. The van der Waals surface area contributed by atoms with Crippen molar-refractivity contribution in [1.29, 1.82) is 0 Å². The van der Waals surface area contributed by atoms with Crippen molar-refractivity contribution in [2.75, 3.05) is 26.7 Å². The van der Waals surface area contributed by atoms with Gasteiger partial charge in [-0.2, -0.15) is 13.2 Å². The Kier molecular flexibility index (Phi) is 6.81. The van der Waals surface area contributed by atoms with Crippen LogP contribution < -0.4 is 10.1 Å². The summed E-state index contributed by atoms with van der Waals surface area (Å²) in [5.74, 6) is -0.615. The summed E-state index contributed by atoms with van der Waals surface area (Å²) in [6, 6.07) is 13.1. The second-order valence-electron chi connectivity index (χ2n) is 5.75. The SMILES string of the molecule is CN(CC(=O)NCCOc1cccc(C(F)(F)F)c1)C(=O)c1ccccc1. The molecule has 0 bridgehead atoms. The Morgan fingerprint density at radius 2 is 1.78 bits per heavy atom. The Bertz CT molecular complexity index is 779. The van der Waals surface area contributed by atoms with Crippen LogP contribution in [0.2, 0.25) is 0 Å². The molecule has 1 N–H and O–H groups in total. The van der Waals surface area contributed by atoms with E-state index in [1.807, 2.05) is 0 Å². The number of amides is 2. The zero-order valence-electron chi connectivity index (χ0n) is 14.6. The molecule has 0 saturated carbocycles. The first-order valence-corrected chi connectivity index (χ1v) is 8.14. The number of nitrogens with one attached hydrogen (secondary N) is 1. The van der Waals surface area contributed by atoms with E-state index in [9.17, 15) is 22.8 Å². The van der Waals surface area contributed by atoms with Crippen LogP contribution in [0.15, 0.2) is 54.6 Å². The molecule has 0 aliphatic rings. The molecule has 5 nitrogen and oxygen atoms in total. The van der Waals surface area contributed by atoms with Gasteiger partial charge in [-0.15, -0.1) is 0 Å². The quantitative estimate of drug-likeness (QED) is 0.752. The molecule has 2 aromatic rings. The number of rotatable bonds is 7. The van der Waals surface area contributed by atoms with Crippen LogP contribution >= 0.6 is 0 Å². The number of hydrogen-bond donors (Lipinski definition) is 1. The van der Waals surface area contributed by atoms with Crippen molar-refractivity contribution >= 4 is 11.8 Å². The average Bonchev–Trinajstić information content (AvgIpc) is 2.65. The van der Waals surface area contributed by atoms with E-state index in [0.29, 0.717) is 5.56 Å². The molecule has 144 valence electrons. The number of ether oxygens (including phenoxy) is 1. The molecule has 0 aromatic heterocycles. The van der Waals surface area contributed by atoms with Crippen LogP contribution in [-0.2, 0) is 11.0 Å². The first kappa shape index (κ1) is 20.3. The van der Waals surface area contributed by atoms with Crippen molar-refractivity contribution in [3.05, 3.63) is 65.7 Å². The molecule has 0 heterocycles. The fraction of sp³-hybridized carbons (Fsp3) is 0.263. The summed E-state index contributed by atoms with van der Waals surface area (Å²) in [5, 5.41) is 2.55. The number of carbonyl (C=O) groups is 2. The first-order chi connectivity index (χ1) is 12.8. The number of nitrogens with zero attached hydrogens (tertiary/aromatic N) is 1. The van der Waals surface area contributed by atoms with Crippen molar-refractivity contribution in [3.8, 4) is 5.75 Å². The molecule has 0 spiro atoms. The van der Waals surface area contributed by atoms with Gasteiger partial charge in [0.15, 0.2) is 0 Å². The Hall–Kier alpha value is -3.03. The lowest BCUT2D eigenvalue weighted by Gasteiger charge is -2.17. The highest BCUT2D eigenvalue weighted by atomic mass is 19.4. The fourth-order valence-corrected chi connectivity index (χ4v) is 2.27. The third-order valence-electron chi connectivity index (χ3n) is 3.60. The lowest BCUT2D eigenvalue weighted by molar-refractivity contribution is -0.137. The lowest BCUT2D eigenvalue weighted by Crippen LogP contribution is -2.39. The standard InChI is InChI=1S/C19H19F3N2O3/c1-24(18(26)14-6-3-2-4-7-14)13-17(25)23-10-11-27-16-9-5-8-15(12-16)19(20,21)22/h2-9,12H,10-11,13H2,1H3,(H,23,25). The fourth-order valence-electron chi connectivity index (χ4n) is 2.27. The van der Waals surface area contributed by atoms with Gasteiger partial charge in [-0.1, -0.05) is 24.3 Å². The molecule has 2 amide bonds. The first-order valence-electron chi connectivity index (χ1n) is 8.14. The summed E-state index contributed by atoms with van der Waals surface area (Å²) in [5.41, 5.74) is -0.328. The van der Waals surface area contributed by atoms with Crippen LogP contribution in [0, 0.1) is 0 Å². The second-order valence-corrected chi connectivity index (χ2v) is 5.75. The van der Waals surface area contributed by atoms with Gasteiger partial charge in [0, 0.05) is 12.6 Å². The topological polar surface area (TPSA) is 58.6 Å². The summed E-state index contributed by atoms with van der Waals surface area (Å²) < 4.78 is 43.1. The Labute approximate surface area is 154 Å². The third kappa shape index (κ3) is 6.32. The monoisotopic (exact) mass is 380 g/mol. The van der Waals surface area contributed by atoms with Crippen LogP contribution in [0.25, 0.3) is 0 Å². The predicted octanol–water partition coefficient (Wildman–Crippen LogP) is 2.97. The molecule has 0 aliphatic heterocycles. The van der Waals surface area contributed by atoms with Gasteiger partial charge < -0.3 is 15.0 Å². The Morgan fingerprint density at radius 3 is 2.44 bits per heavy atom. The van der Waals surface area contributed by atoms with E-state index in [0.717, 1.165) is 12.1 Å². The molecular formula is C19H19F3N2O3. The minimum Gasteiger partial charge on any atom is -0.492 e. The second kappa shape index (κ2) is 9.07. The van der Waals surface area contributed by atoms with Gasteiger partial charge in [0.25, 0.3) is 5.91 Å². The van der Waals surface area contributed by atoms with E-state index in [2.05, 4.69) is 5.32 Å². The van der Waals surface area contributed by atoms with E-state index < -0.39 is 17.6 Å². The van der Waals surface area contributed by atoms with E-state index in [1.165, 1.54) is 24.1 Å². The Morgan fingerprint density at radius 1 is 1.07 bits per heavy atom. The zero-order chi connectivity index (χ0) is 19.9. The van der Waals surface area contributed by atoms with Crippen LogP contribution in [0.5, 0.6) is 5.75 Å². The highest BCUT2D eigenvalue weighted by molar-refractivity contribution is 5.96. The summed E-state index contributed by atoms with van der Waals surface area (Å²) >= 11 is 0. The molecule has 0 saturated heterocycles. The van der Waals surface area contributed by atoms with Crippen molar-refractivity contribution in [1.82, 2.24) is 10.2 Å². The lowest BCUT2D eigenvalue weighted by atomic mass is 10.2. The van der Waals surface area contributed by atoms with E-state index >= 15 is 0 Å².